The summed E-state index contributed by atoms with van der Waals surface area (Å²) in [7, 11) is 3.54. The van der Waals surface area contributed by atoms with E-state index in [4.69, 9.17) is 4.74 Å². The molecule has 2 aromatic heterocycles. The van der Waals surface area contributed by atoms with Crippen molar-refractivity contribution in [1.82, 2.24) is 25.3 Å². The Morgan fingerprint density at radius 1 is 1.32 bits per heavy atom. The van der Waals surface area contributed by atoms with Gasteiger partial charge in [0, 0.05) is 12.4 Å². The lowest BCUT2D eigenvalue weighted by Gasteiger charge is -2.12. The van der Waals surface area contributed by atoms with Crippen molar-refractivity contribution in [3.05, 3.63) is 35.7 Å². The van der Waals surface area contributed by atoms with Crippen LogP contribution >= 0.6 is 0 Å². The average Bonchev–Trinajstić information content (AvgIpc) is 3.31. The summed E-state index contributed by atoms with van der Waals surface area (Å²) in [5, 5.41) is 16.3. The topological polar surface area (TPSA) is 76.9 Å². The first-order chi connectivity index (χ1) is 12.2. The lowest BCUT2D eigenvalue weighted by Crippen LogP contribution is -2.13. The Hall–Kier alpha value is -2.67. The van der Waals surface area contributed by atoms with Gasteiger partial charge < -0.3 is 15.4 Å². The predicted molar refractivity (Wildman–Crippen MR) is 97.5 cm³/mol. The summed E-state index contributed by atoms with van der Waals surface area (Å²) in [5.41, 5.74) is 3.85. The van der Waals surface area contributed by atoms with E-state index in [-0.39, 0.29) is 6.04 Å². The molecule has 1 unspecified atom stereocenters. The second-order valence-corrected chi connectivity index (χ2v) is 6.35. The number of hydrogen-bond acceptors (Lipinski definition) is 6. The van der Waals surface area contributed by atoms with Crippen molar-refractivity contribution in [2.45, 2.75) is 25.8 Å². The number of nitrogens with one attached hydrogen (secondary N) is 2. The number of hydrogen-bond donors (Lipinski definition) is 2. The van der Waals surface area contributed by atoms with E-state index in [0.29, 0.717) is 0 Å². The summed E-state index contributed by atoms with van der Waals surface area (Å²) >= 11 is 0. The van der Waals surface area contributed by atoms with Crippen molar-refractivity contribution < 1.29 is 4.74 Å². The standard InChI is InChI=1S/C18H22N6O/c1-11-7-18(19-2)21-14-9-16(17(25-3)8-12(11)14)24-10-15(22-23-24)13-5-4-6-20-13/h7-10,13,20H,4-6H2,1-3H3,(H,19,21). The van der Waals surface area contributed by atoms with E-state index in [0.717, 1.165) is 52.4 Å². The Labute approximate surface area is 146 Å². The zero-order valence-electron chi connectivity index (χ0n) is 14.7. The fraction of sp³-hybridized carbons (Fsp3) is 0.389. The fourth-order valence-corrected chi connectivity index (χ4v) is 3.37. The second kappa shape index (κ2) is 6.33. The van der Waals surface area contributed by atoms with Crippen LogP contribution < -0.4 is 15.4 Å². The molecule has 0 spiro atoms. The van der Waals surface area contributed by atoms with Crippen LogP contribution in [0, 0.1) is 6.92 Å². The lowest BCUT2D eigenvalue weighted by atomic mass is 10.1. The number of nitrogens with zero attached hydrogens (tertiary/aromatic N) is 4. The molecule has 0 bridgehead atoms. The summed E-state index contributed by atoms with van der Waals surface area (Å²) in [5.74, 6) is 1.60. The molecule has 7 heteroatoms. The smallest absolute Gasteiger partial charge is 0.145 e. The molecule has 1 saturated heterocycles. The molecule has 0 aliphatic carbocycles. The van der Waals surface area contributed by atoms with Crippen LogP contribution in [0.4, 0.5) is 5.82 Å². The van der Waals surface area contributed by atoms with E-state index in [1.54, 1.807) is 11.8 Å². The van der Waals surface area contributed by atoms with Crippen LogP contribution in [0.25, 0.3) is 16.6 Å². The van der Waals surface area contributed by atoms with E-state index in [9.17, 15) is 0 Å². The normalized spacial score (nSPS) is 17.2. The summed E-state index contributed by atoms with van der Waals surface area (Å²) in [6.07, 6.45) is 4.24. The molecule has 0 radical (unpaired) electrons. The molecule has 2 N–H and O–H groups in total. The van der Waals surface area contributed by atoms with Gasteiger partial charge in [-0.1, -0.05) is 5.21 Å². The van der Waals surface area contributed by atoms with Gasteiger partial charge in [0.2, 0.25) is 0 Å². The van der Waals surface area contributed by atoms with Gasteiger partial charge >= 0.3 is 0 Å². The van der Waals surface area contributed by atoms with Gasteiger partial charge in [0.25, 0.3) is 0 Å². The van der Waals surface area contributed by atoms with Gasteiger partial charge in [0.1, 0.15) is 22.9 Å². The molecule has 3 aromatic rings. The third kappa shape index (κ3) is 2.80. The fourth-order valence-electron chi connectivity index (χ4n) is 3.37. The van der Waals surface area contributed by atoms with E-state index in [1.165, 1.54) is 6.42 Å². The quantitative estimate of drug-likeness (QED) is 0.761. The Kier molecular flexibility index (Phi) is 4.01. The number of aryl methyl sites for hydroxylation is 1. The minimum atomic E-state index is 0.288. The Bertz CT molecular complexity index is 913. The molecule has 1 aliphatic rings. The first-order valence-corrected chi connectivity index (χ1v) is 8.52. The number of benzene rings is 1. The van der Waals surface area contributed by atoms with E-state index >= 15 is 0 Å². The SMILES string of the molecule is CNc1cc(C)c2cc(OC)c(-n3cc(C4CCCN4)nn3)cc2n1. The van der Waals surface area contributed by atoms with Gasteiger partial charge in [0.15, 0.2) is 0 Å². The van der Waals surface area contributed by atoms with Crippen LogP contribution in [0.1, 0.15) is 30.1 Å². The molecular weight excluding hydrogens is 316 g/mol. The van der Waals surface area contributed by atoms with E-state index in [1.807, 2.05) is 31.4 Å². The van der Waals surface area contributed by atoms with Crippen LogP contribution in [0.3, 0.4) is 0 Å². The van der Waals surface area contributed by atoms with Crippen molar-refractivity contribution in [3.8, 4) is 11.4 Å². The van der Waals surface area contributed by atoms with Crippen LogP contribution in [-0.4, -0.2) is 40.7 Å². The minimum absolute atomic E-state index is 0.288. The highest BCUT2D eigenvalue weighted by atomic mass is 16.5. The number of rotatable bonds is 4. The first kappa shape index (κ1) is 15.8. The van der Waals surface area contributed by atoms with Gasteiger partial charge in [0.05, 0.1) is 24.9 Å². The van der Waals surface area contributed by atoms with Crippen molar-refractivity contribution in [2.75, 3.05) is 26.0 Å². The Morgan fingerprint density at radius 2 is 2.20 bits per heavy atom. The number of anilines is 1. The zero-order valence-corrected chi connectivity index (χ0v) is 14.7. The number of ether oxygens (including phenoxy) is 1. The van der Waals surface area contributed by atoms with E-state index in [2.05, 4.69) is 32.9 Å². The molecule has 3 heterocycles. The summed E-state index contributed by atoms with van der Waals surface area (Å²) in [4.78, 5) is 4.66. The highest BCUT2D eigenvalue weighted by molar-refractivity contribution is 5.87. The molecule has 1 fully saturated rings. The molecule has 0 amide bonds. The maximum atomic E-state index is 5.61. The van der Waals surface area contributed by atoms with Crippen molar-refractivity contribution >= 4 is 16.7 Å². The van der Waals surface area contributed by atoms with Gasteiger partial charge in [-0.25, -0.2) is 9.67 Å². The number of aromatic nitrogens is 4. The Morgan fingerprint density at radius 3 is 2.92 bits per heavy atom. The van der Waals surface area contributed by atoms with Crippen LogP contribution in [-0.2, 0) is 0 Å². The molecule has 7 nitrogen and oxygen atoms in total. The molecular formula is C18H22N6O. The molecule has 130 valence electrons. The van der Waals surface area contributed by atoms with Crippen molar-refractivity contribution in [2.24, 2.45) is 0 Å². The summed E-state index contributed by atoms with van der Waals surface area (Å²) < 4.78 is 7.38. The highest BCUT2D eigenvalue weighted by Gasteiger charge is 2.20. The van der Waals surface area contributed by atoms with Crippen LogP contribution in [0.2, 0.25) is 0 Å². The average molecular weight is 338 g/mol. The van der Waals surface area contributed by atoms with E-state index < -0.39 is 0 Å². The van der Waals surface area contributed by atoms with Crippen LogP contribution in [0.5, 0.6) is 5.75 Å². The maximum absolute atomic E-state index is 5.61. The molecule has 4 rings (SSSR count). The summed E-state index contributed by atoms with van der Waals surface area (Å²) in [6, 6.07) is 6.33. The predicted octanol–water partition coefficient (Wildman–Crippen LogP) is 2.60. The largest absolute Gasteiger partial charge is 0.494 e. The number of pyridine rings is 1. The van der Waals surface area contributed by atoms with Crippen molar-refractivity contribution in [3.63, 3.8) is 0 Å². The highest BCUT2D eigenvalue weighted by Crippen LogP contribution is 2.31. The van der Waals surface area contributed by atoms with Gasteiger partial charge in [-0.2, -0.15) is 0 Å². The summed E-state index contributed by atoms with van der Waals surface area (Å²) in [6.45, 7) is 3.11. The molecule has 0 saturated carbocycles. The zero-order chi connectivity index (χ0) is 17.4. The van der Waals surface area contributed by atoms with Crippen molar-refractivity contribution in [1.29, 1.82) is 0 Å². The monoisotopic (exact) mass is 338 g/mol. The molecule has 1 aliphatic heterocycles. The van der Waals surface area contributed by atoms with Gasteiger partial charge in [-0.15, -0.1) is 5.10 Å². The molecule has 1 atom stereocenters. The minimum Gasteiger partial charge on any atom is -0.494 e. The molecule has 25 heavy (non-hydrogen) atoms. The number of fused-ring (bicyclic) bond motifs is 1. The third-order valence-corrected chi connectivity index (χ3v) is 4.75. The third-order valence-electron chi connectivity index (χ3n) is 4.75. The van der Waals surface area contributed by atoms with Crippen LogP contribution in [0.15, 0.2) is 24.4 Å². The Balaban J connectivity index is 1.82. The lowest BCUT2D eigenvalue weighted by molar-refractivity contribution is 0.412. The second-order valence-electron chi connectivity index (χ2n) is 6.35. The van der Waals surface area contributed by atoms with Gasteiger partial charge in [-0.05, 0) is 50.1 Å². The molecule has 1 aromatic carbocycles. The maximum Gasteiger partial charge on any atom is 0.145 e. The first-order valence-electron chi connectivity index (χ1n) is 8.52. The van der Waals surface area contributed by atoms with Gasteiger partial charge in [-0.3, -0.25) is 0 Å². The number of methoxy groups -OCH3 is 1.